The summed E-state index contributed by atoms with van der Waals surface area (Å²) in [5, 5.41) is 3.62. The first-order valence-electron chi connectivity index (χ1n) is 6.81. The summed E-state index contributed by atoms with van der Waals surface area (Å²) in [5.74, 6) is 1.11. The highest BCUT2D eigenvalue weighted by Crippen LogP contribution is 2.19. The van der Waals surface area contributed by atoms with Crippen molar-refractivity contribution in [3.63, 3.8) is 0 Å². The van der Waals surface area contributed by atoms with Crippen molar-refractivity contribution in [1.29, 1.82) is 0 Å². The van der Waals surface area contributed by atoms with Gasteiger partial charge in [0.1, 0.15) is 5.82 Å². The summed E-state index contributed by atoms with van der Waals surface area (Å²) >= 11 is 0. The van der Waals surface area contributed by atoms with Crippen LogP contribution in [0.5, 0.6) is 0 Å². The smallest absolute Gasteiger partial charge is 0.126 e. The number of hydrogen-bond donors (Lipinski definition) is 1. The number of nitrogens with zero attached hydrogens (tertiary/aromatic N) is 2. The number of fused-ring (bicyclic) bond motifs is 1. The Morgan fingerprint density at radius 3 is 2.67 bits per heavy atom. The number of nitrogens with one attached hydrogen (secondary N) is 1. The van der Waals surface area contributed by atoms with Gasteiger partial charge >= 0.3 is 0 Å². The van der Waals surface area contributed by atoms with E-state index in [-0.39, 0.29) is 6.04 Å². The molecule has 0 fully saturated rings. The predicted molar refractivity (Wildman–Crippen MR) is 76.6 cm³/mol. The van der Waals surface area contributed by atoms with E-state index < -0.39 is 0 Å². The molecule has 1 N–H and O–H groups in total. The van der Waals surface area contributed by atoms with E-state index in [1.165, 1.54) is 18.4 Å². The molecule has 1 aromatic heterocycles. The molecule has 1 heterocycles. The van der Waals surface area contributed by atoms with E-state index in [2.05, 4.69) is 55.9 Å². The maximum atomic E-state index is 4.73. The van der Waals surface area contributed by atoms with Crippen LogP contribution in [0.3, 0.4) is 0 Å². The minimum Gasteiger partial charge on any atom is -0.330 e. The van der Waals surface area contributed by atoms with E-state index in [4.69, 9.17) is 4.98 Å². The SMILES string of the molecule is CCCC(C)NC(C)c1nc2ccccc2n1C. The van der Waals surface area contributed by atoms with Crippen LogP contribution in [0.2, 0.25) is 0 Å². The van der Waals surface area contributed by atoms with E-state index in [1.807, 2.05) is 6.07 Å². The van der Waals surface area contributed by atoms with E-state index >= 15 is 0 Å². The zero-order chi connectivity index (χ0) is 13.1. The lowest BCUT2D eigenvalue weighted by Crippen LogP contribution is -2.30. The first-order chi connectivity index (χ1) is 8.63. The summed E-state index contributed by atoms with van der Waals surface area (Å²) in [5.41, 5.74) is 2.27. The van der Waals surface area contributed by atoms with E-state index in [0.29, 0.717) is 6.04 Å². The summed E-state index contributed by atoms with van der Waals surface area (Å²) in [6, 6.07) is 9.10. The lowest BCUT2D eigenvalue weighted by molar-refractivity contribution is 0.434. The second-order valence-corrected chi connectivity index (χ2v) is 5.10. The molecular formula is C15H23N3. The molecule has 18 heavy (non-hydrogen) atoms. The van der Waals surface area contributed by atoms with Crippen molar-refractivity contribution < 1.29 is 0 Å². The van der Waals surface area contributed by atoms with Crippen molar-refractivity contribution in [2.75, 3.05) is 0 Å². The third-order valence-corrected chi connectivity index (χ3v) is 3.47. The monoisotopic (exact) mass is 245 g/mol. The molecule has 0 saturated carbocycles. The normalized spacial score (nSPS) is 14.9. The topological polar surface area (TPSA) is 29.9 Å². The van der Waals surface area contributed by atoms with Crippen LogP contribution in [0, 0.1) is 0 Å². The van der Waals surface area contributed by atoms with Crippen LogP contribution in [0.1, 0.15) is 45.5 Å². The van der Waals surface area contributed by atoms with Gasteiger partial charge in [0.05, 0.1) is 17.1 Å². The average molecular weight is 245 g/mol. The zero-order valence-corrected chi connectivity index (χ0v) is 11.8. The van der Waals surface area contributed by atoms with Gasteiger partial charge in [0.2, 0.25) is 0 Å². The van der Waals surface area contributed by atoms with E-state index in [9.17, 15) is 0 Å². The van der Waals surface area contributed by atoms with Crippen LogP contribution in [-0.2, 0) is 7.05 Å². The standard InChI is InChI=1S/C15H23N3/c1-5-8-11(2)16-12(3)15-17-13-9-6-7-10-14(13)18(15)4/h6-7,9-12,16H,5,8H2,1-4H3. The molecule has 0 saturated heterocycles. The second kappa shape index (κ2) is 5.53. The number of para-hydroxylation sites is 2. The Hall–Kier alpha value is -1.35. The average Bonchev–Trinajstić information content (AvgIpc) is 2.68. The highest BCUT2D eigenvalue weighted by Gasteiger charge is 2.15. The van der Waals surface area contributed by atoms with Gasteiger partial charge in [-0.1, -0.05) is 25.5 Å². The molecule has 2 unspecified atom stereocenters. The molecule has 2 atom stereocenters. The molecule has 2 aromatic rings. The highest BCUT2D eigenvalue weighted by atomic mass is 15.1. The number of hydrogen-bond acceptors (Lipinski definition) is 2. The number of aromatic nitrogens is 2. The highest BCUT2D eigenvalue weighted by molar-refractivity contribution is 5.75. The van der Waals surface area contributed by atoms with Gasteiger partial charge in [0.25, 0.3) is 0 Å². The van der Waals surface area contributed by atoms with Crippen molar-refractivity contribution in [2.24, 2.45) is 7.05 Å². The van der Waals surface area contributed by atoms with Gasteiger partial charge in [-0.3, -0.25) is 0 Å². The quantitative estimate of drug-likeness (QED) is 0.874. The third kappa shape index (κ3) is 2.56. The Balaban J connectivity index is 2.22. The maximum absolute atomic E-state index is 4.73. The van der Waals surface area contributed by atoms with Crippen LogP contribution < -0.4 is 5.32 Å². The minimum absolute atomic E-state index is 0.281. The number of imidazole rings is 1. The third-order valence-electron chi connectivity index (χ3n) is 3.47. The van der Waals surface area contributed by atoms with Crippen LogP contribution in [0.25, 0.3) is 11.0 Å². The Labute approximate surface area is 109 Å². The van der Waals surface area contributed by atoms with Crippen molar-refractivity contribution in [2.45, 2.75) is 45.7 Å². The van der Waals surface area contributed by atoms with Crippen molar-refractivity contribution in [3.8, 4) is 0 Å². The summed E-state index contributed by atoms with van der Waals surface area (Å²) in [4.78, 5) is 4.73. The Morgan fingerprint density at radius 2 is 2.00 bits per heavy atom. The molecule has 98 valence electrons. The van der Waals surface area contributed by atoms with Gasteiger partial charge < -0.3 is 9.88 Å². The van der Waals surface area contributed by atoms with Crippen LogP contribution in [-0.4, -0.2) is 15.6 Å². The van der Waals surface area contributed by atoms with Crippen molar-refractivity contribution in [1.82, 2.24) is 14.9 Å². The molecule has 0 radical (unpaired) electrons. The Kier molecular flexibility index (Phi) is 4.02. The molecule has 1 aromatic carbocycles. The Bertz CT molecular complexity index is 515. The first kappa shape index (κ1) is 13.1. The summed E-state index contributed by atoms with van der Waals surface area (Å²) in [7, 11) is 2.09. The van der Waals surface area contributed by atoms with Gasteiger partial charge in [-0.2, -0.15) is 0 Å². The molecule has 0 aliphatic heterocycles. The molecule has 0 amide bonds. The summed E-state index contributed by atoms with van der Waals surface area (Å²) < 4.78 is 2.19. The lowest BCUT2D eigenvalue weighted by atomic mass is 10.1. The first-order valence-corrected chi connectivity index (χ1v) is 6.81. The number of benzene rings is 1. The van der Waals surface area contributed by atoms with Gasteiger partial charge in [0.15, 0.2) is 0 Å². The molecule has 0 bridgehead atoms. The summed E-state index contributed by atoms with van der Waals surface area (Å²) in [6.45, 7) is 6.65. The fourth-order valence-electron chi connectivity index (χ4n) is 2.57. The maximum Gasteiger partial charge on any atom is 0.126 e. The fraction of sp³-hybridized carbons (Fsp3) is 0.533. The van der Waals surface area contributed by atoms with Crippen LogP contribution >= 0.6 is 0 Å². The van der Waals surface area contributed by atoms with E-state index in [1.54, 1.807) is 0 Å². The van der Waals surface area contributed by atoms with Gasteiger partial charge in [-0.05, 0) is 32.4 Å². The number of aryl methyl sites for hydroxylation is 1. The van der Waals surface area contributed by atoms with Crippen LogP contribution in [0.15, 0.2) is 24.3 Å². The second-order valence-electron chi connectivity index (χ2n) is 5.10. The number of rotatable bonds is 5. The fourth-order valence-corrected chi connectivity index (χ4v) is 2.57. The lowest BCUT2D eigenvalue weighted by Gasteiger charge is -2.19. The molecule has 0 spiro atoms. The summed E-state index contributed by atoms with van der Waals surface area (Å²) in [6.07, 6.45) is 2.41. The van der Waals surface area contributed by atoms with Crippen molar-refractivity contribution >= 4 is 11.0 Å². The molecule has 3 nitrogen and oxygen atoms in total. The molecular weight excluding hydrogens is 222 g/mol. The van der Waals surface area contributed by atoms with Crippen molar-refractivity contribution in [3.05, 3.63) is 30.1 Å². The predicted octanol–water partition coefficient (Wildman–Crippen LogP) is 3.41. The molecule has 0 aliphatic carbocycles. The minimum atomic E-state index is 0.281. The van der Waals surface area contributed by atoms with Crippen LogP contribution in [0.4, 0.5) is 0 Å². The zero-order valence-electron chi connectivity index (χ0n) is 11.8. The largest absolute Gasteiger partial charge is 0.330 e. The molecule has 2 rings (SSSR count). The Morgan fingerprint density at radius 1 is 1.28 bits per heavy atom. The van der Waals surface area contributed by atoms with Gasteiger partial charge in [0, 0.05) is 13.1 Å². The van der Waals surface area contributed by atoms with Gasteiger partial charge in [-0.25, -0.2) is 4.98 Å². The molecule has 0 aliphatic rings. The molecule has 3 heteroatoms. The van der Waals surface area contributed by atoms with Gasteiger partial charge in [-0.15, -0.1) is 0 Å². The van der Waals surface area contributed by atoms with E-state index in [0.717, 1.165) is 11.3 Å².